The van der Waals surface area contributed by atoms with Crippen LogP contribution in [0.4, 0.5) is 11.4 Å². The van der Waals surface area contributed by atoms with E-state index in [-0.39, 0.29) is 17.1 Å². The molecule has 2 aromatic rings. The van der Waals surface area contributed by atoms with Gasteiger partial charge in [0, 0.05) is 39.4 Å². The van der Waals surface area contributed by atoms with Crippen LogP contribution < -0.4 is 16.1 Å². The van der Waals surface area contributed by atoms with Crippen LogP contribution in [0.3, 0.4) is 0 Å². The smallest absolute Gasteiger partial charge is 0.331 e. The average molecular weight is 312 g/mol. The van der Waals surface area contributed by atoms with Gasteiger partial charge in [-0.3, -0.25) is 18.7 Å². The van der Waals surface area contributed by atoms with Crippen LogP contribution in [0.15, 0.2) is 38.8 Å². The SMILES string of the molecule is CN(C)c1ccc(C2=Nc3c(n(C)c(=O)n(C)c3=O)C2=O)cc1. The molecule has 7 heteroatoms. The molecule has 1 aliphatic rings. The minimum absolute atomic E-state index is 0.0197. The third-order valence-electron chi connectivity index (χ3n) is 3.95. The van der Waals surface area contributed by atoms with E-state index in [1.807, 2.05) is 31.1 Å². The molecule has 0 radical (unpaired) electrons. The summed E-state index contributed by atoms with van der Waals surface area (Å²) in [5, 5.41) is 0. The number of anilines is 1. The highest BCUT2D eigenvalue weighted by molar-refractivity contribution is 6.54. The highest BCUT2D eigenvalue weighted by atomic mass is 16.2. The summed E-state index contributed by atoms with van der Waals surface area (Å²) in [5.41, 5.74) is 0.754. The molecule has 7 nitrogen and oxygen atoms in total. The summed E-state index contributed by atoms with van der Waals surface area (Å²) in [7, 11) is 6.67. The molecule has 118 valence electrons. The maximum atomic E-state index is 12.6. The molecule has 0 amide bonds. The van der Waals surface area contributed by atoms with Crippen molar-refractivity contribution in [3.05, 3.63) is 56.4 Å². The topological polar surface area (TPSA) is 76.7 Å². The van der Waals surface area contributed by atoms with Gasteiger partial charge in [0.05, 0.1) is 0 Å². The first kappa shape index (κ1) is 15.0. The van der Waals surface area contributed by atoms with Gasteiger partial charge < -0.3 is 4.90 Å². The number of aromatic nitrogens is 2. The Kier molecular flexibility index (Phi) is 3.28. The molecule has 0 saturated heterocycles. The molecule has 1 aromatic heterocycles. The summed E-state index contributed by atoms with van der Waals surface area (Å²) in [6.45, 7) is 0. The second kappa shape index (κ2) is 5.05. The molecular formula is C16H16N4O3. The van der Waals surface area contributed by atoms with Crippen LogP contribution in [-0.4, -0.2) is 34.7 Å². The van der Waals surface area contributed by atoms with Gasteiger partial charge in [0.1, 0.15) is 11.4 Å². The number of ketones is 1. The number of aliphatic imine (C=N–C) groups is 1. The molecule has 3 rings (SSSR count). The van der Waals surface area contributed by atoms with Gasteiger partial charge in [-0.2, -0.15) is 0 Å². The van der Waals surface area contributed by atoms with Crippen LogP contribution in [0.2, 0.25) is 0 Å². The van der Waals surface area contributed by atoms with E-state index in [0.29, 0.717) is 5.56 Å². The number of fused-ring (bicyclic) bond motifs is 1. The van der Waals surface area contributed by atoms with E-state index in [1.54, 1.807) is 12.1 Å². The molecule has 0 aliphatic carbocycles. The molecule has 1 aromatic carbocycles. The van der Waals surface area contributed by atoms with Crippen LogP contribution in [0.1, 0.15) is 16.1 Å². The summed E-state index contributed by atoms with van der Waals surface area (Å²) in [5.74, 6) is -0.407. The minimum atomic E-state index is -0.559. The highest BCUT2D eigenvalue weighted by Crippen LogP contribution is 2.25. The van der Waals surface area contributed by atoms with Crippen LogP contribution in [0.5, 0.6) is 0 Å². The Bertz CT molecular complexity index is 963. The standard InChI is InChI=1S/C16H16N4O3/c1-18(2)10-7-5-9(6-8-10)11-14(21)13-12(17-11)15(22)20(4)16(23)19(13)3/h5-8H,1-4H3. The van der Waals surface area contributed by atoms with E-state index in [0.717, 1.165) is 10.3 Å². The second-order valence-electron chi connectivity index (χ2n) is 5.63. The van der Waals surface area contributed by atoms with Gasteiger partial charge >= 0.3 is 5.69 Å². The van der Waals surface area contributed by atoms with Crippen LogP contribution in [-0.2, 0) is 14.1 Å². The number of hydrogen-bond donors (Lipinski definition) is 0. The predicted octanol–water partition coefficient (Wildman–Crippen LogP) is 0.467. The zero-order chi connectivity index (χ0) is 16.9. The van der Waals surface area contributed by atoms with Crippen molar-refractivity contribution in [1.82, 2.24) is 9.13 Å². The fraction of sp³-hybridized carbons (Fsp3) is 0.250. The summed E-state index contributed by atoms with van der Waals surface area (Å²) in [6.07, 6.45) is 0. The third kappa shape index (κ3) is 2.12. The lowest BCUT2D eigenvalue weighted by molar-refractivity contribution is 0.106. The van der Waals surface area contributed by atoms with E-state index >= 15 is 0 Å². The monoisotopic (exact) mass is 312 g/mol. The number of hydrogen-bond acceptors (Lipinski definition) is 5. The van der Waals surface area contributed by atoms with Gasteiger partial charge in [0.2, 0.25) is 5.78 Å². The molecule has 0 fully saturated rings. The van der Waals surface area contributed by atoms with E-state index in [1.165, 1.54) is 18.7 Å². The third-order valence-corrected chi connectivity index (χ3v) is 3.95. The zero-order valence-electron chi connectivity index (χ0n) is 13.3. The molecule has 23 heavy (non-hydrogen) atoms. The highest BCUT2D eigenvalue weighted by Gasteiger charge is 2.31. The maximum absolute atomic E-state index is 12.6. The summed E-state index contributed by atoms with van der Waals surface area (Å²) in [6, 6.07) is 7.29. The minimum Gasteiger partial charge on any atom is -0.378 e. The molecular weight excluding hydrogens is 296 g/mol. The van der Waals surface area contributed by atoms with Gasteiger partial charge in [0.25, 0.3) is 5.56 Å². The van der Waals surface area contributed by atoms with Crippen molar-refractivity contribution in [3.8, 4) is 0 Å². The second-order valence-corrected chi connectivity index (χ2v) is 5.63. The van der Waals surface area contributed by atoms with Crippen molar-refractivity contribution >= 4 is 22.9 Å². The Morgan fingerprint density at radius 2 is 1.57 bits per heavy atom. The number of nitrogens with zero attached hydrogens (tertiary/aromatic N) is 4. The Hall–Kier alpha value is -2.96. The maximum Gasteiger partial charge on any atom is 0.331 e. The summed E-state index contributed by atoms with van der Waals surface area (Å²) in [4.78, 5) is 42.9. The van der Waals surface area contributed by atoms with E-state index < -0.39 is 17.0 Å². The van der Waals surface area contributed by atoms with E-state index in [4.69, 9.17) is 0 Å². The molecule has 0 atom stereocenters. The molecule has 0 unspecified atom stereocenters. The quantitative estimate of drug-likeness (QED) is 0.807. The van der Waals surface area contributed by atoms with Gasteiger partial charge in [-0.25, -0.2) is 9.79 Å². The van der Waals surface area contributed by atoms with Gasteiger partial charge in [-0.05, 0) is 12.1 Å². The van der Waals surface area contributed by atoms with Crippen molar-refractivity contribution in [2.75, 3.05) is 19.0 Å². The lowest BCUT2D eigenvalue weighted by atomic mass is 10.1. The first-order valence-corrected chi connectivity index (χ1v) is 7.04. The van der Waals surface area contributed by atoms with Crippen molar-refractivity contribution in [2.24, 2.45) is 19.1 Å². The molecule has 0 spiro atoms. The zero-order valence-corrected chi connectivity index (χ0v) is 13.3. The summed E-state index contributed by atoms with van der Waals surface area (Å²) < 4.78 is 2.12. The Morgan fingerprint density at radius 1 is 0.957 bits per heavy atom. The number of Topliss-reactive ketones (excluding diaryl/α,β-unsaturated/α-hetero) is 1. The fourth-order valence-electron chi connectivity index (χ4n) is 2.57. The van der Waals surface area contributed by atoms with E-state index in [9.17, 15) is 14.4 Å². The van der Waals surface area contributed by atoms with Crippen molar-refractivity contribution in [2.45, 2.75) is 0 Å². The number of carbonyl (C=O) groups is 1. The lowest BCUT2D eigenvalue weighted by Gasteiger charge is -2.12. The van der Waals surface area contributed by atoms with Gasteiger partial charge in [-0.15, -0.1) is 0 Å². The van der Waals surface area contributed by atoms with Crippen LogP contribution in [0, 0.1) is 0 Å². The fourth-order valence-corrected chi connectivity index (χ4v) is 2.57. The van der Waals surface area contributed by atoms with Crippen LogP contribution in [0.25, 0.3) is 0 Å². The Morgan fingerprint density at radius 3 is 2.13 bits per heavy atom. The van der Waals surface area contributed by atoms with Gasteiger partial charge in [0.15, 0.2) is 5.69 Å². The molecule has 0 N–H and O–H groups in total. The summed E-state index contributed by atoms with van der Waals surface area (Å²) >= 11 is 0. The number of rotatable bonds is 2. The number of carbonyl (C=O) groups excluding carboxylic acids is 1. The van der Waals surface area contributed by atoms with E-state index in [2.05, 4.69) is 4.99 Å². The van der Waals surface area contributed by atoms with Crippen LogP contribution >= 0.6 is 0 Å². The first-order chi connectivity index (χ1) is 10.8. The van der Waals surface area contributed by atoms with Crippen molar-refractivity contribution in [1.29, 1.82) is 0 Å². The van der Waals surface area contributed by atoms with Crippen molar-refractivity contribution in [3.63, 3.8) is 0 Å². The Labute approximate surface area is 132 Å². The lowest BCUT2D eigenvalue weighted by Crippen LogP contribution is -2.38. The Balaban J connectivity index is 2.16. The molecule has 1 aliphatic heterocycles. The average Bonchev–Trinajstić information content (AvgIpc) is 2.88. The van der Waals surface area contributed by atoms with Gasteiger partial charge in [-0.1, -0.05) is 12.1 Å². The normalized spacial score (nSPS) is 13.0. The predicted molar refractivity (Wildman–Crippen MR) is 88.2 cm³/mol. The van der Waals surface area contributed by atoms with Crippen molar-refractivity contribution < 1.29 is 4.79 Å². The molecule has 2 heterocycles. The molecule has 0 saturated carbocycles. The number of benzene rings is 1. The first-order valence-electron chi connectivity index (χ1n) is 7.04. The molecule has 0 bridgehead atoms. The largest absolute Gasteiger partial charge is 0.378 e.